The van der Waals surface area contributed by atoms with Gasteiger partial charge in [0.2, 0.25) is 11.8 Å². The molecule has 3 fully saturated rings. The molecule has 3 amide bonds. The molecule has 52 heavy (non-hydrogen) atoms. The van der Waals surface area contributed by atoms with E-state index in [9.17, 15) is 24.3 Å². The van der Waals surface area contributed by atoms with E-state index in [-0.39, 0.29) is 43.5 Å². The van der Waals surface area contributed by atoms with Crippen LogP contribution < -0.4 is 10.2 Å². The van der Waals surface area contributed by atoms with E-state index in [1.165, 1.54) is 16.9 Å². The lowest BCUT2D eigenvalue weighted by Gasteiger charge is -2.37. The smallest absolute Gasteiger partial charge is 0.313 e. The number of ether oxygens (including phenoxy) is 3. The molecule has 2 aromatic rings. The SMILES string of the molecule is C=CCCC(=O)N[C@@H](COC)[C@@H](OC(=O)[C@H]1[C@@H]2O[C@@]3(CC2Br)[C@@H]1C(=O)N(CCCCO)[C@@H]3C(=O)N(CC=C)c1c(C)cccc1Cl)c1ccccc1. The van der Waals surface area contributed by atoms with Crippen LogP contribution in [0.5, 0.6) is 0 Å². The van der Waals surface area contributed by atoms with Crippen LogP contribution >= 0.6 is 27.5 Å². The van der Waals surface area contributed by atoms with Crippen LogP contribution in [0.4, 0.5) is 5.69 Å². The Labute approximate surface area is 318 Å². The number of hydrogen-bond donors (Lipinski definition) is 2. The highest BCUT2D eigenvalue weighted by molar-refractivity contribution is 9.09. The van der Waals surface area contributed by atoms with Gasteiger partial charge in [-0.2, -0.15) is 0 Å². The number of halogens is 2. The zero-order chi connectivity index (χ0) is 37.6. The number of nitrogens with zero attached hydrogens (tertiary/aromatic N) is 2. The Morgan fingerprint density at radius 3 is 2.58 bits per heavy atom. The van der Waals surface area contributed by atoms with Crippen molar-refractivity contribution in [3.63, 3.8) is 0 Å². The van der Waals surface area contributed by atoms with Crippen LogP contribution in [0, 0.1) is 18.8 Å². The Bertz CT molecular complexity index is 1620. The standard InChI is InChI=1S/C39H47BrClN3O8/c1-5-7-18-29(46)42-28(23-50-4)33(25-15-9-8-10-16-25)51-38(49)30-31-36(47)44(20-11-12-21-45)35(39(31)22-26(40)34(30)52-39)37(48)43(19-6-2)32-24(3)14-13-17-27(32)41/h5-6,8-10,13-17,26,28,30-31,33-35,45H,1-2,7,11-12,18-23H2,3-4H3,(H,42,46)/t26?,28-,30+,31-,33-,34+,35+,39-/m0/s1. The third-order valence-electron chi connectivity index (χ3n) is 10.1. The minimum atomic E-state index is -1.36. The maximum absolute atomic E-state index is 14.9. The lowest BCUT2D eigenvalue weighted by molar-refractivity contribution is -0.163. The predicted molar refractivity (Wildman–Crippen MR) is 201 cm³/mol. The zero-order valence-electron chi connectivity index (χ0n) is 29.5. The number of benzene rings is 2. The second-order valence-electron chi connectivity index (χ2n) is 13.5. The van der Waals surface area contributed by atoms with Crippen LogP contribution in [0.2, 0.25) is 5.02 Å². The van der Waals surface area contributed by atoms with Crippen molar-refractivity contribution in [3.8, 4) is 0 Å². The first-order chi connectivity index (χ1) is 25.0. The molecule has 2 N–H and O–H groups in total. The molecule has 1 spiro atoms. The molecule has 5 rings (SSSR count). The number of unbranched alkanes of at least 4 members (excludes halogenated alkanes) is 1. The Balaban J connectivity index is 1.54. The van der Waals surface area contributed by atoms with Crippen LogP contribution in [0.1, 0.15) is 49.3 Å². The molecule has 3 saturated heterocycles. The molecule has 3 heterocycles. The summed E-state index contributed by atoms with van der Waals surface area (Å²) in [7, 11) is 1.50. The Hall–Kier alpha value is -3.55. The third-order valence-corrected chi connectivity index (χ3v) is 11.3. The number of hydrogen-bond acceptors (Lipinski definition) is 8. The average molecular weight is 801 g/mol. The largest absolute Gasteiger partial charge is 0.455 e. The third kappa shape index (κ3) is 7.72. The molecule has 8 atom stereocenters. The number of carbonyl (C=O) groups is 4. The van der Waals surface area contributed by atoms with Crippen molar-refractivity contribution in [1.29, 1.82) is 0 Å². The van der Waals surface area contributed by atoms with Crippen molar-refractivity contribution in [2.75, 3.05) is 38.3 Å². The first-order valence-corrected chi connectivity index (χ1v) is 18.9. The number of anilines is 1. The summed E-state index contributed by atoms with van der Waals surface area (Å²) >= 11 is 10.4. The molecule has 280 valence electrons. The number of aliphatic hydroxyl groups excluding tert-OH is 1. The fourth-order valence-electron chi connectivity index (χ4n) is 7.97. The van der Waals surface area contributed by atoms with Gasteiger partial charge in [-0.05, 0) is 49.8 Å². The van der Waals surface area contributed by atoms with Crippen molar-refractivity contribution >= 4 is 56.9 Å². The molecular formula is C39H47BrClN3O8. The first-order valence-electron chi connectivity index (χ1n) is 17.6. The van der Waals surface area contributed by atoms with Crippen molar-refractivity contribution < 1.29 is 38.5 Å². The molecule has 0 radical (unpaired) electrons. The van der Waals surface area contributed by atoms with Crippen LogP contribution in [0.25, 0.3) is 0 Å². The maximum Gasteiger partial charge on any atom is 0.313 e. The Morgan fingerprint density at radius 2 is 1.92 bits per heavy atom. The normalized spacial score (nSPS) is 25.7. The monoisotopic (exact) mass is 799 g/mol. The highest BCUT2D eigenvalue weighted by atomic mass is 79.9. The summed E-state index contributed by atoms with van der Waals surface area (Å²) in [6.45, 7) is 9.66. The number of para-hydroxylation sites is 1. The number of amides is 3. The van der Waals surface area contributed by atoms with Gasteiger partial charge in [-0.3, -0.25) is 19.2 Å². The number of esters is 1. The molecule has 2 bridgehead atoms. The molecule has 0 aromatic heterocycles. The number of carbonyl (C=O) groups excluding carboxylic acids is 4. The minimum absolute atomic E-state index is 0.0421. The van der Waals surface area contributed by atoms with E-state index in [1.54, 1.807) is 48.6 Å². The van der Waals surface area contributed by atoms with Crippen molar-refractivity contribution in [1.82, 2.24) is 10.2 Å². The van der Waals surface area contributed by atoms with E-state index < -0.39 is 59.5 Å². The van der Waals surface area contributed by atoms with Gasteiger partial charge in [-0.15, -0.1) is 13.2 Å². The van der Waals surface area contributed by atoms with Gasteiger partial charge >= 0.3 is 5.97 Å². The van der Waals surface area contributed by atoms with Crippen molar-refractivity contribution in [2.45, 2.75) is 73.7 Å². The van der Waals surface area contributed by atoms with E-state index in [1.807, 2.05) is 19.1 Å². The number of allylic oxidation sites excluding steroid dienone is 1. The Morgan fingerprint density at radius 1 is 1.17 bits per heavy atom. The van der Waals surface area contributed by atoms with E-state index in [2.05, 4.69) is 34.4 Å². The molecule has 13 heteroatoms. The van der Waals surface area contributed by atoms with Gasteiger partial charge in [0.25, 0.3) is 5.91 Å². The predicted octanol–water partition coefficient (Wildman–Crippen LogP) is 5.07. The zero-order valence-corrected chi connectivity index (χ0v) is 31.9. The van der Waals surface area contributed by atoms with E-state index in [4.69, 9.17) is 25.8 Å². The maximum atomic E-state index is 14.9. The molecule has 0 aliphatic carbocycles. The summed E-state index contributed by atoms with van der Waals surface area (Å²) in [5.41, 5.74) is 0.527. The number of methoxy groups -OCH3 is 1. The van der Waals surface area contributed by atoms with Crippen LogP contribution in [-0.2, 0) is 33.4 Å². The second-order valence-corrected chi connectivity index (χ2v) is 15.1. The van der Waals surface area contributed by atoms with Crippen molar-refractivity contribution in [2.24, 2.45) is 11.8 Å². The summed E-state index contributed by atoms with van der Waals surface area (Å²) in [6, 6.07) is 12.5. The number of likely N-dealkylation sites (tertiary alicyclic amines) is 1. The summed E-state index contributed by atoms with van der Waals surface area (Å²) in [5.74, 6) is -3.83. The minimum Gasteiger partial charge on any atom is -0.455 e. The van der Waals surface area contributed by atoms with Gasteiger partial charge < -0.3 is 34.4 Å². The number of fused-ring (bicyclic) bond motifs is 1. The lowest BCUT2D eigenvalue weighted by Crippen LogP contribution is -2.57. The molecule has 0 saturated carbocycles. The molecular weight excluding hydrogens is 754 g/mol. The van der Waals surface area contributed by atoms with Gasteiger partial charge in [-0.25, -0.2) is 0 Å². The molecule has 1 unspecified atom stereocenters. The van der Waals surface area contributed by atoms with Crippen LogP contribution in [0.3, 0.4) is 0 Å². The highest BCUT2D eigenvalue weighted by Gasteiger charge is 2.77. The Kier molecular flexibility index (Phi) is 13.4. The molecule has 3 aliphatic heterocycles. The number of rotatable bonds is 18. The second kappa shape index (κ2) is 17.5. The van der Waals surface area contributed by atoms with Crippen LogP contribution in [0.15, 0.2) is 73.8 Å². The summed E-state index contributed by atoms with van der Waals surface area (Å²) in [4.78, 5) is 59.7. The van der Waals surface area contributed by atoms with E-state index in [0.29, 0.717) is 42.0 Å². The summed E-state index contributed by atoms with van der Waals surface area (Å²) in [6.07, 6.45) is 3.31. The van der Waals surface area contributed by atoms with Crippen molar-refractivity contribution in [3.05, 3.63) is 90.0 Å². The molecule has 11 nitrogen and oxygen atoms in total. The highest BCUT2D eigenvalue weighted by Crippen LogP contribution is 2.60. The number of alkyl halides is 1. The fourth-order valence-corrected chi connectivity index (χ4v) is 9.24. The van der Waals surface area contributed by atoms with Gasteiger partial charge in [0, 0.05) is 38.1 Å². The van der Waals surface area contributed by atoms with Gasteiger partial charge in [-0.1, -0.05) is 82.1 Å². The number of aliphatic hydroxyl groups is 1. The quantitative estimate of drug-likeness (QED) is 0.0925. The van der Waals surface area contributed by atoms with Gasteiger partial charge in [0.1, 0.15) is 17.7 Å². The molecule has 2 aromatic carbocycles. The van der Waals surface area contributed by atoms with Gasteiger partial charge in [0.15, 0.2) is 0 Å². The first kappa shape index (κ1) is 39.7. The van der Waals surface area contributed by atoms with Crippen LogP contribution in [-0.4, -0.2) is 95.7 Å². The van der Waals surface area contributed by atoms with Gasteiger partial charge in [0.05, 0.1) is 41.3 Å². The number of aryl methyl sites for hydroxylation is 1. The van der Waals surface area contributed by atoms with E-state index in [0.717, 1.165) is 5.56 Å². The fraction of sp³-hybridized carbons (Fsp3) is 0.487. The summed E-state index contributed by atoms with van der Waals surface area (Å²) < 4.78 is 18.5. The average Bonchev–Trinajstić information content (AvgIpc) is 3.72. The number of nitrogens with one attached hydrogen (secondary N) is 1. The topological polar surface area (TPSA) is 135 Å². The lowest BCUT2D eigenvalue weighted by atomic mass is 9.70. The molecule has 3 aliphatic rings. The summed E-state index contributed by atoms with van der Waals surface area (Å²) in [5, 5.41) is 12.9. The van der Waals surface area contributed by atoms with E-state index >= 15 is 0 Å².